The maximum Gasteiger partial charge on any atom is 0.0640 e. The third-order valence-corrected chi connectivity index (χ3v) is 4.79. The van der Waals surface area contributed by atoms with E-state index in [-0.39, 0.29) is 6.04 Å². The molecule has 17 heavy (non-hydrogen) atoms. The van der Waals surface area contributed by atoms with Crippen LogP contribution in [0.2, 0.25) is 5.02 Å². The zero-order valence-corrected chi connectivity index (χ0v) is 12.8. The Morgan fingerprint density at radius 2 is 2.18 bits per heavy atom. The second-order valence-electron chi connectivity index (χ2n) is 3.97. The van der Waals surface area contributed by atoms with E-state index in [4.69, 9.17) is 11.6 Å². The maximum atomic E-state index is 6.20. The predicted molar refractivity (Wildman–Crippen MR) is 80.2 cm³/mol. The fourth-order valence-corrected chi connectivity index (χ4v) is 3.39. The van der Waals surface area contributed by atoms with Gasteiger partial charge in [-0.2, -0.15) is 0 Å². The standard InChI is InChI=1S/C13H13BrClNS/c1-8-4-3-5-11(15)13(8)16-9(2)12-6-10(14)7-17-12/h3-7,9,16H,1-2H3. The fourth-order valence-electron chi connectivity index (χ4n) is 1.66. The molecule has 1 aromatic heterocycles. The van der Waals surface area contributed by atoms with Crippen LogP contribution in [0.4, 0.5) is 5.69 Å². The van der Waals surface area contributed by atoms with E-state index >= 15 is 0 Å². The van der Waals surface area contributed by atoms with Crippen molar-refractivity contribution in [2.75, 3.05) is 5.32 Å². The molecule has 0 bridgehead atoms. The average molecular weight is 331 g/mol. The van der Waals surface area contributed by atoms with Crippen molar-refractivity contribution in [3.63, 3.8) is 0 Å². The molecule has 0 saturated heterocycles. The molecular weight excluding hydrogens is 318 g/mol. The topological polar surface area (TPSA) is 12.0 Å². The molecule has 0 fully saturated rings. The quantitative estimate of drug-likeness (QED) is 0.767. The highest BCUT2D eigenvalue weighted by atomic mass is 79.9. The van der Waals surface area contributed by atoms with Gasteiger partial charge < -0.3 is 5.32 Å². The summed E-state index contributed by atoms with van der Waals surface area (Å²) in [5.41, 5.74) is 2.19. The molecule has 0 aliphatic rings. The molecule has 1 heterocycles. The van der Waals surface area contributed by atoms with Gasteiger partial charge in [-0.15, -0.1) is 11.3 Å². The summed E-state index contributed by atoms with van der Waals surface area (Å²) in [5.74, 6) is 0. The summed E-state index contributed by atoms with van der Waals surface area (Å²) in [6, 6.07) is 8.33. The monoisotopic (exact) mass is 329 g/mol. The molecule has 0 spiro atoms. The lowest BCUT2D eigenvalue weighted by Gasteiger charge is -2.17. The van der Waals surface area contributed by atoms with Crippen molar-refractivity contribution in [1.29, 1.82) is 0 Å². The first kappa shape index (κ1) is 12.9. The summed E-state index contributed by atoms with van der Waals surface area (Å²) >= 11 is 11.4. The Kier molecular flexibility index (Phi) is 4.13. The lowest BCUT2D eigenvalue weighted by Crippen LogP contribution is -2.06. The van der Waals surface area contributed by atoms with Crippen molar-refractivity contribution in [2.24, 2.45) is 0 Å². The lowest BCUT2D eigenvalue weighted by molar-refractivity contribution is 0.905. The third-order valence-electron chi connectivity index (χ3n) is 2.60. The van der Waals surface area contributed by atoms with Crippen LogP contribution < -0.4 is 5.32 Å². The predicted octanol–water partition coefficient (Wildman–Crippen LogP) is 5.65. The van der Waals surface area contributed by atoms with Gasteiger partial charge in [0, 0.05) is 14.7 Å². The first-order chi connectivity index (χ1) is 8.08. The zero-order valence-electron chi connectivity index (χ0n) is 9.63. The molecular formula is C13H13BrClNS. The van der Waals surface area contributed by atoms with Gasteiger partial charge in [0.25, 0.3) is 0 Å². The first-order valence-corrected chi connectivity index (χ1v) is 7.38. The Labute approximate surface area is 119 Å². The van der Waals surface area contributed by atoms with Crippen LogP contribution in [0.25, 0.3) is 0 Å². The van der Waals surface area contributed by atoms with Crippen LogP contribution in [0.5, 0.6) is 0 Å². The van der Waals surface area contributed by atoms with Crippen molar-refractivity contribution >= 4 is 44.6 Å². The van der Waals surface area contributed by atoms with Gasteiger partial charge in [-0.05, 0) is 47.5 Å². The SMILES string of the molecule is Cc1cccc(Cl)c1NC(C)c1cc(Br)cs1. The normalized spacial score (nSPS) is 12.5. The van der Waals surface area contributed by atoms with Gasteiger partial charge in [-0.3, -0.25) is 0 Å². The molecule has 2 aromatic rings. The van der Waals surface area contributed by atoms with E-state index in [0.29, 0.717) is 0 Å². The Morgan fingerprint density at radius 1 is 1.41 bits per heavy atom. The molecule has 1 N–H and O–H groups in total. The molecule has 0 aliphatic heterocycles. The molecule has 2 rings (SSSR count). The number of hydrogen-bond donors (Lipinski definition) is 1. The van der Waals surface area contributed by atoms with E-state index < -0.39 is 0 Å². The number of anilines is 1. The lowest BCUT2D eigenvalue weighted by atomic mass is 10.1. The van der Waals surface area contributed by atoms with Gasteiger partial charge in [0.1, 0.15) is 0 Å². The minimum Gasteiger partial charge on any atom is -0.376 e. The minimum atomic E-state index is 0.255. The Bertz CT molecular complexity index is 504. The number of benzene rings is 1. The number of aryl methyl sites for hydroxylation is 1. The van der Waals surface area contributed by atoms with Crippen molar-refractivity contribution in [3.05, 3.63) is 49.6 Å². The first-order valence-electron chi connectivity index (χ1n) is 5.33. The molecule has 0 amide bonds. The van der Waals surface area contributed by atoms with Gasteiger partial charge in [-0.1, -0.05) is 23.7 Å². The molecule has 1 aromatic carbocycles. The zero-order chi connectivity index (χ0) is 12.4. The second-order valence-corrected chi connectivity index (χ2v) is 6.23. The van der Waals surface area contributed by atoms with E-state index in [2.05, 4.69) is 52.6 Å². The molecule has 1 atom stereocenters. The average Bonchev–Trinajstić information content (AvgIpc) is 2.70. The summed E-state index contributed by atoms with van der Waals surface area (Å²) in [6.07, 6.45) is 0. The van der Waals surface area contributed by atoms with Gasteiger partial charge in [0.2, 0.25) is 0 Å². The van der Waals surface area contributed by atoms with Gasteiger partial charge in [0.05, 0.1) is 16.8 Å². The van der Waals surface area contributed by atoms with Crippen LogP contribution in [0.1, 0.15) is 23.4 Å². The molecule has 4 heteroatoms. The molecule has 90 valence electrons. The fraction of sp³-hybridized carbons (Fsp3) is 0.231. The Balaban J connectivity index is 2.21. The summed E-state index contributed by atoms with van der Waals surface area (Å²) < 4.78 is 1.13. The molecule has 0 aliphatic carbocycles. The van der Waals surface area contributed by atoms with E-state index in [9.17, 15) is 0 Å². The molecule has 1 unspecified atom stereocenters. The number of thiophene rings is 1. The highest BCUT2D eigenvalue weighted by molar-refractivity contribution is 9.10. The van der Waals surface area contributed by atoms with Crippen molar-refractivity contribution < 1.29 is 0 Å². The van der Waals surface area contributed by atoms with Crippen molar-refractivity contribution in [2.45, 2.75) is 19.9 Å². The van der Waals surface area contributed by atoms with Crippen LogP contribution in [0.15, 0.2) is 34.1 Å². The Hall–Kier alpha value is -0.510. The van der Waals surface area contributed by atoms with E-state index in [1.807, 2.05) is 12.1 Å². The van der Waals surface area contributed by atoms with E-state index in [1.54, 1.807) is 11.3 Å². The van der Waals surface area contributed by atoms with Gasteiger partial charge in [0.15, 0.2) is 0 Å². The Morgan fingerprint density at radius 3 is 2.76 bits per heavy atom. The summed E-state index contributed by atoms with van der Waals surface area (Å²) in [7, 11) is 0. The number of para-hydroxylation sites is 1. The number of hydrogen-bond acceptors (Lipinski definition) is 2. The van der Waals surface area contributed by atoms with Crippen LogP contribution in [0, 0.1) is 6.92 Å². The number of halogens is 2. The summed E-state index contributed by atoms with van der Waals surface area (Å²) in [6.45, 7) is 4.20. The highest BCUT2D eigenvalue weighted by Gasteiger charge is 2.11. The number of rotatable bonds is 3. The highest BCUT2D eigenvalue weighted by Crippen LogP contribution is 2.32. The molecule has 1 nitrogen and oxygen atoms in total. The van der Waals surface area contributed by atoms with Crippen LogP contribution in [0.3, 0.4) is 0 Å². The van der Waals surface area contributed by atoms with Crippen LogP contribution >= 0.6 is 38.9 Å². The van der Waals surface area contributed by atoms with Crippen molar-refractivity contribution in [1.82, 2.24) is 0 Å². The molecule has 0 saturated carbocycles. The van der Waals surface area contributed by atoms with Crippen molar-refractivity contribution in [3.8, 4) is 0 Å². The third kappa shape index (κ3) is 3.03. The van der Waals surface area contributed by atoms with Gasteiger partial charge >= 0.3 is 0 Å². The van der Waals surface area contributed by atoms with E-state index in [0.717, 1.165) is 15.2 Å². The maximum absolute atomic E-state index is 6.20. The number of nitrogens with one attached hydrogen (secondary N) is 1. The van der Waals surface area contributed by atoms with Crippen LogP contribution in [-0.2, 0) is 0 Å². The summed E-state index contributed by atoms with van der Waals surface area (Å²) in [5, 5.41) is 6.33. The summed E-state index contributed by atoms with van der Waals surface area (Å²) in [4.78, 5) is 1.29. The second kappa shape index (κ2) is 5.42. The smallest absolute Gasteiger partial charge is 0.0640 e. The molecule has 0 radical (unpaired) electrons. The largest absolute Gasteiger partial charge is 0.376 e. The minimum absolute atomic E-state index is 0.255. The van der Waals surface area contributed by atoms with E-state index in [1.165, 1.54) is 10.4 Å². The van der Waals surface area contributed by atoms with Gasteiger partial charge in [-0.25, -0.2) is 0 Å². The van der Waals surface area contributed by atoms with Crippen LogP contribution in [-0.4, -0.2) is 0 Å².